The van der Waals surface area contributed by atoms with Crippen LogP contribution in [0.4, 0.5) is 4.79 Å². The van der Waals surface area contributed by atoms with Gasteiger partial charge in [-0.3, -0.25) is 19.2 Å². The van der Waals surface area contributed by atoms with Crippen molar-refractivity contribution < 1.29 is 33.4 Å². The standard InChI is InChI=1S/C30H48N4O7/c1-7-15-31-27(37)25(35)22-13-11-9-8-10-12-17-40-19-23(33-29(39)41-30(4,5)6)28(38)34-16-14-21(18-20(2)3)24(34)26(36)32-22/h7,18,21-24H,1,8-17,19H2,2-6H3,(H,31,37)(H,32,36)(H,33,39)/t21-,22+,23+,24+/m1/s1. The first kappa shape index (κ1) is 34.0. The Morgan fingerprint density at radius 2 is 1.78 bits per heavy atom. The molecule has 0 aromatic rings. The molecule has 2 aliphatic rings. The van der Waals surface area contributed by atoms with Gasteiger partial charge in [0, 0.05) is 25.6 Å². The van der Waals surface area contributed by atoms with E-state index in [0.29, 0.717) is 25.9 Å². The van der Waals surface area contributed by atoms with E-state index < -0.39 is 53.3 Å². The summed E-state index contributed by atoms with van der Waals surface area (Å²) < 4.78 is 11.2. The predicted molar refractivity (Wildman–Crippen MR) is 155 cm³/mol. The lowest BCUT2D eigenvalue weighted by Gasteiger charge is -2.31. The van der Waals surface area contributed by atoms with Crippen LogP contribution in [-0.4, -0.2) is 84.5 Å². The Kier molecular flexibility index (Phi) is 13.5. The van der Waals surface area contributed by atoms with Gasteiger partial charge in [0.05, 0.1) is 12.6 Å². The molecule has 4 amide bonds. The van der Waals surface area contributed by atoms with Crippen LogP contribution in [0.3, 0.4) is 0 Å². The number of fused-ring (bicyclic) bond motifs is 1. The summed E-state index contributed by atoms with van der Waals surface area (Å²) in [5.41, 5.74) is 0.212. The molecule has 0 bridgehead atoms. The number of alkyl carbamates (subject to hydrolysis) is 1. The number of amides is 4. The molecule has 0 aromatic carbocycles. The van der Waals surface area contributed by atoms with Crippen molar-refractivity contribution >= 4 is 29.6 Å². The number of ketones is 1. The van der Waals surface area contributed by atoms with Crippen LogP contribution in [0.15, 0.2) is 24.3 Å². The number of hydrogen-bond acceptors (Lipinski definition) is 7. The van der Waals surface area contributed by atoms with E-state index in [1.165, 1.54) is 11.0 Å². The summed E-state index contributed by atoms with van der Waals surface area (Å²) in [5, 5.41) is 7.92. The van der Waals surface area contributed by atoms with Gasteiger partial charge in [-0.2, -0.15) is 0 Å². The van der Waals surface area contributed by atoms with Crippen molar-refractivity contribution in [3.8, 4) is 0 Å². The zero-order valence-corrected chi connectivity index (χ0v) is 25.3. The van der Waals surface area contributed by atoms with Crippen LogP contribution in [-0.2, 0) is 28.7 Å². The molecule has 2 heterocycles. The van der Waals surface area contributed by atoms with Crippen LogP contribution >= 0.6 is 0 Å². The van der Waals surface area contributed by atoms with E-state index in [9.17, 15) is 24.0 Å². The fourth-order valence-electron chi connectivity index (χ4n) is 5.05. The van der Waals surface area contributed by atoms with Crippen LogP contribution < -0.4 is 16.0 Å². The number of rotatable bonds is 6. The summed E-state index contributed by atoms with van der Waals surface area (Å²) in [6.45, 7) is 13.3. The van der Waals surface area contributed by atoms with Crippen molar-refractivity contribution in [1.29, 1.82) is 0 Å². The maximum atomic E-state index is 13.9. The zero-order chi connectivity index (χ0) is 30.6. The maximum Gasteiger partial charge on any atom is 0.408 e. The highest BCUT2D eigenvalue weighted by atomic mass is 16.6. The first-order valence-corrected chi connectivity index (χ1v) is 14.6. The van der Waals surface area contributed by atoms with E-state index in [0.717, 1.165) is 31.3 Å². The van der Waals surface area contributed by atoms with Crippen molar-refractivity contribution in [1.82, 2.24) is 20.9 Å². The molecule has 2 fully saturated rings. The molecule has 0 aromatic heterocycles. The van der Waals surface area contributed by atoms with Crippen LogP contribution in [0.1, 0.15) is 79.6 Å². The van der Waals surface area contributed by atoms with Crippen LogP contribution in [0.5, 0.6) is 0 Å². The minimum Gasteiger partial charge on any atom is -0.444 e. The first-order valence-electron chi connectivity index (χ1n) is 14.6. The summed E-state index contributed by atoms with van der Waals surface area (Å²) in [5.74, 6) is -2.81. The quantitative estimate of drug-likeness (QED) is 0.326. The smallest absolute Gasteiger partial charge is 0.408 e. The van der Waals surface area contributed by atoms with Gasteiger partial charge in [0.25, 0.3) is 5.91 Å². The molecule has 11 nitrogen and oxygen atoms in total. The summed E-state index contributed by atoms with van der Waals surface area (Å²) in [7, 11) is 0. The average molecular weight is 577 g/mol. The SMILES string of the molecule is C=CCNC(=O)C(=O)[C@@H]1CCCCCCCOC[C@H](NC(=O)OC(C)(C)C)C(=O)N2CC[C@H](C=C(C)C)[C@H]2C(=O)N1. The molecule has 0 saturated carbocycles. The van der Waals surface area contributed by atoms with E-state index in [1.807, 2.05) is 19.9 Å². The molecular weight excluding hydrogens is 528 g/mol. The van der Waals surface area contributed by atoms with Crippen molar-refractivity contribution in [2.45, 2.75) is 103 Å². The Morgan fingerprint density at radius 1 is 1.10 bits per heavy atom. The van der Waals surface area contributed by atoms with Gasteiger partial charge in [0.15, 0.2) is 0 Å². The number of nitrogens with zero attached hydrogens (tertiary/aromatic N) is 1. The summed E-state index contributed by atoms with van der Waals surface area (Å²) in [6, 6.07) is -3.02. The van der Waals surface area contributed by atoms with Crippen LogP contribution in [0.2, 0.25) is 0 Å². The highest BCUT2D eigenvalue weighted by Gasteiger charge is 2.44. The second-order valence-electron chi connectivity index (χ2n) is 11.9. The molecule has 3 N–H and O–H groups in total. The first-order chi connectivity index (χ1) is 19.3. The molecule has 2 saturated heterocycles. The Balaban J connectivity index is 2.40. The monoisotopic (exact) mass is 576 g/mol. The highest BCUT2D eigenvalue weighted by Crippen LogP contribution is 2.28. The Labute approximate surface area is 243 Å². The minimum atomic E-state index is -1.07. The van der Waals surface area contributed by atoms with E-state index in [1.54, 1.807) is 20.8 Å². The van der Waals surface area contributed by atoms with Gasteiger partial charge in [-0.15, -0.1) is 6.58 Å². The fourth-order valence-corrected chi connectivity index (χ4v) is 5.05. The van der Waals surface area contributed by atoms with E-state index in [2.05, 4.69) is 22.5 Å². The normalized spacial score (nSPS) is 24.9. The second-order valence-corrected chi connectivity index (χ2v) is 11.9. The molecular formula is C30H48N4O7. The molecule has 2 rings (SSSR count). The van der Waals surface area contributed by atoms with Crippen molar-refractivity contribution in [3.05, 3.63) is 24.3 Å². The number of carbonyl (C=O) groups excluding carboxylic acids is 5. The van der Waals surface area contributed by atoms with Gasteiger partial charge >= 0.3 is 6.09 Å². The third kappa shape index (κ3) is 11.3. The van der Waals surface area contributed by atoms with E-state index in [-0.39, 0.29) is 25.6 Å². The van der Waals surface area contributed by atoms with Gasteiger partial charge < -0.3 is 30.3 Å². The number of carbonyl (C=O) groups is 5. The summed E-state index contributed by atoms with van der Waals surface area (Å²) >= 11 is 0. The number of nitrogens with one attached hydrogen (secondary N) is 3. The topological polar surface area (TPSA) is 143 Å². The van der Waals surface area contributed by atoms with Gasteiger partial charge in [-0.1, -0.05) is 43.4 Å². The fraction of sp³-hybridized carbons (Fsp3) is 0.700. The molecule has 0 spiro atoms. The predicted octanol–water partition coefficient (Wildman–Crippen LogP) is 2.79. The lowest BCUT2D eigenvalue weighted by atomic mass is 9.95. The summed E-state index contributed by atoms with van der Waals surface area (Å²) in [6.07, 6.45) is 7.49. The van der Waals surface area contributed by atoms with E-state index in [4.69, 9.17) is 9.47 Å². The third-order valence-corrected chi connectivity index (χ3v) is 6.86. The number of Topliss-reactive ketones (excluding diaryl/α,β-unsaturated/α-hetero) is 1. The second kappa shape index (κ2) is 16.3. The Hall–Kier alpha value is -3.21. The summed E-state index contributed by atoms with van der Waals surface area (Å²) in [4.78, 5) is 67.3. The molecule has 0 aliphatic carbocycles. The molecule has 0 unspecified atom stereocenters. The molecule has 11 heteroatoms. The molecule has 4 atom stereocenters. The van der Waals surface area contributed by atoms with Crippen molar-refractivity contribution in [3.63, 3.8) is 0 Å². The largest absolute Gasteiger partial charge is 0.444 e. The van der Waals surface area contributed by atoms with Crippen molar-refractivity contribution in [2.75, 3.05) is 26.3 Å². The molecule has 0 radical (unpaired) electrons. The Bertz CT molecular complexity index is 984. The minimum absolute atomic E-state index is 0.0686. The van der Waals surface area contributed by atoms with Crippen molar-refractivity contribution in [2.24, 2.45) is 5.92 Å². The maximum absolute atomic E-state index is 13.9. The van der Waals surface area contributed by atoms with Crippen LogP contribution in [0, 0.1) is 5.92 Å². The van der Waals surface area contributed by atoms with Gasteiger partial charge in [-0.05, 0) is 53.9 Å². The Morgan fingerprint density at radius 3 is 2.44 bits per heavy atom. The zero-order valence-electron chi connectivity index (χ0n) is 25.3. The lowest BCUT2D eigenvalue weighted by Crippen LogP contribution is -2.58. The number of hydrogen-bond donors (Lipinski definition) is 3. The molecule has 230 valence electrons. The van der Waals surface area contributed by atoms with Gasteiger partial charge in [-0.25, -0.2) is 4.79 Å². The molecule has 41 heavy (non-hydrogen) atoms. The van der Waals surface area contributed by atoms with Crippen LogP contribution in [0.25, 0.3) is 0 Å². The van der Waals surface area contributed by atoms with Gasteiger partial charge in [0.1, 0.15) is 17.7 Å². The lowest BCUT2D eigenvalue weighted by molar-refractivity contribution is -0.144. The molecule has 2 aliphatic heterocycles. The highest BCUT2D eigenvalue weighted by molar-refractivity contribution is 6.38. The third-order valence-electron chi connectivity index (χ3n) is 6.86. The number of ether oxygens (including phenoxy) is 2. The van der Waals surface area contributed by atoms with Gasteiger partial charge in [0.2, 0.25) is 17.6 Å². The number of allylic oxidation sites excluding steroid dienone is 1. The average Bonchev–Trinajstić information content (AvgIpc) is 3.29. The van der Waals surface area contributed by atoms with E-state index >= 15 is 0 Å².